The molecule has 126 valence electrons. The Hall–Kier alpha value is -2.25. The fourth-order valence-corrected chi connectivity index (χ4v) is 4.73. The first-order valence-electron chi connectivity index (χ1n) is 7.44. The molecule has 0 bridgehead atoms. The van der Waals surface area contributed by atoms with Crippen molar-refractivity contribution < 1.29 is 22.7 Å². The third-order valence-electron chi connectivity index (χ3n) is 4.13. The predicted molar refractivity (Wildman–Crippen MR) is 85.4 cm³/mol. The van der Waals surface area contributed by atoms with E-state index in [1.807, 2.05) is 0 Å². The molecule has 1 heterocycles. The molecule has 2 aromatic rings. The van der Waals surface area contributed by atoms with Gasteiger partial charge < -0.3 is 5.11 Å². The van der Waals surface area contributed by atoms with E-state index >= 15 is 0 Å². The fourth-order valence-electron chi connectivity index (χ4n) is 2.99. The Balaban J connectivity index is 2.02. The van der Waals surface area contributed by atoms with E-state index in [9.17, 15) is 17.6 Å². The average molecular weight is 349 g/mol. The molecule has 3 rings (SSSR count). The third-order valence-corrected chi connectivity index (χ3v) is 6.01. The second-order valence-corrected chi connectivity index (χ2v) is 7.63. The van der Waals surface area contributed by atoms with E-state index in [4.69, 9.17) is 5.11 Å². The van der Waals surface area contributed by atoms with Gasteiger partial charge in [0.2, 0.25) is 10.0 Å². The topological polar surface area (TPSA) is 74.7 Å². The van der Waals surface area contributed by atoms with Crippen LogP contribution in [0.4, 0.5) is 4.39 Å². The number of fused-ring (bicyclic) bond motifs is 1. The van der Waals surface area contributed by atoms with Gasteiger partial charge in [0.1, 0.15) is 5.82 Å². The second-order valence-electron chi connectivity index (χ2n) is 5.72. The van der Waals surface area contributed by atoms with Crippen molar-refractivity contribution in [3.05, 3.63) is 65.5 Å². The normalized spacial score (nSPS) is 19.6. The van der Waals surface area contributed by atoms with Gasteiger partial charge >= 0.3 is 5.97 Å². The van der Waals surface area contributed by atoms with Crippen molar-refractivity contribution in [2.45, 2.75) is 23.8 Å². The lowest BCUT2D eigenvalue weighted by Crippen LogP contribution is -2.40. The van der Waals surface area contributed by atoms with Crippen LogP contribution < -0.4 is 0 Å². The summed E-state index contributed by atoms with van der Waals surface area (Å²) in [5.41, 5.74) is 0.763. The van der Waals surface area contributed by atoms with Crippen LogP contribution in [0.5, 0.6) is 0 Å². The van der Waals surface area contributed by atoms with E-state index < -0.39 is 27.7 Å². The summed E-state index contributed by atoms with van der Waals surface area (Å²) >= 11 is 0. The van der Waals surface area contributed by atoms with Gasteiger partial charge in [0.05, 0.1) is 11.3 Å². The monoisotopic (exact) mass is 349 g/mol. The van der Waals surface area contributed by atoms with Crippen molar-refractivity contribution in [1.82, 2.24) is 4.31 Å². The minimum Gasteiger partial charge on any atom is -0.481 e. The van der Waals surface area contributed by atoms with Crippen molar-refractivity contribution in [3.63, 3.8) is 0 Å². The zero-order valence-electron chi connectivity index (χ0n) is 12.7. The predicted octanol–water partition coefficient (Wildman–Crippen LogP) is 2.59. The minimum absolute atomic E-state index is 0.0139. The number of nitrogens with zero attached hydrogens (tertiary/aromatic N) is 1. The molecular weight excluding hydrogens is 333 g/mol. The molecule has 1 aliphatic heterocycles. The van der Waals surface area contributed by atoms with Gasteiger partial charge in [0.15, 0.2) is 0 Å². The van der Waals surface area contributed by atoms with E-state index in [1.165, 1.54) is 24.3 Å². The maximum Gasteiger partial charge on any atom is 0.304 e. The van der Waals surface area contributed by atoms with Crippen molar-refractivity contribution in [2.75, 3.05) is 6.54 Å². The Morgan fingerprint density at radius 2 is 1.83 bits per heavy atom. The molecule has 5 nitrogen and oxygen atoms in total. The second kappa shape index (κ2) is 6.33. The van der Waals surface area contributed by atoms with Gasteiger partial charge in [-0.2, -0.15) is 4.31 Å². The lowest BCUT2D eigenvalue weighted by atomic mass is 9.95. The van der Waals surface area contributed by atoms with E-state index in [1.54, 1.807) is 24.3 Å². The maximum atomic E-state index is 13.9. The van der Waals surface area contributed by atoms with Crippen LogP contribution in [0.3, 0.4) is 0 Å². The number of aliphatic carboxylic acids is 1. The first-order chi connectivity index (χ1) is 11.4. The number of carboxylic acid groups (broad SMARTS) is 1. The number of sulfonamides is 1. The fraction of sp³-hybridized carbons (Fsp3) is 0.235. The molecule has 0 saturated carbocycles. The standard InChI is InChI=1S/C17H16FNO4S/c18-15-7-3-1-5-12(15)10-19-11-13(9-17(20)21)14-6-2-4-8-16(14)24(19,22)23/h1-8,13H,9-11H2,(H,20,21). The van der Waals surface area contributed by atoms with Gasteiger partial charge in [0.25, 0.3) is 0 Å². The minimum atomic E-state index is -3.79. The van der Waals surface area contributed by atoms with Crippen molar-refractivity contribution >= 4 is 16.0 Å². The van der Waals surface area contributed by atoms with Gasteiger partial charge in [-0.05, 0) is 17.7 Å². The number of carbonyl (C=O) groups is 1. The molecular formula is C17H16FNO4S. The Labute approximate surface area is 139 Å². The highest BCUT2D eigenvalue weighted by Gasteiger charge is 2.37. The number of halogens is 1. The van der Waals surface area contributed by atoms with Crippen LogP contribution in [-0.2, 0) is 21.4 Å². The SMILES string of the molecule is O=C(O)CC1CN(Cc2ccccc2F)S(=O)(=O)c2ccccc21. The molecule has 1 atom stereocenters. The molecule has 24 heavy (non-hydrogen) atoms. The van der Waals surface area contributed by atoms with E-state index in [2.05, 4.69) is 0 Å². The summed E-state index contributed by atoms with van der Waals surface area (Å²) < 4.78 is 40.7. The van der Waals surface area contributed by atoms with Crippen LogP contribution in [0.15, 0.2) is 53.4 Å². The van der Waals surface area contributed by atoms with Gasteiger partial charge in [-0.15, -0.1) is 0 Å². The summed E-state index contributed by atoms with van der Waals surface area (Å²) in [5, 5.41) is 9.11. The molecule has 0 radical (unpaired) electrons. The molecule has 0 fully saturated rings. The molecule has 2 aromatic carbocycles. The van der Waals surface area contributed by atoms with E-state index in [-0.39, 0.29) is 30.0 Å². The van der Waals surface area contributed by atoms with Crippen molar-refractivity contribution in [3.8, 4) is 0 Å². The van der Waals surface area contributed by atoms with Crippen LogP contribution in [0, 0.1) is 5.82 Å². The first kappa shape index (κ1) is 16.6. The molecule has 1 unspecified atom stereocenters. The maximum absolute atomic E-state index is 13.9. The molecule has 7 heteroatoms. The zero-order chi connectivity index (χ0) is 17.3. The number of benzene rings is 2. The summed E-state index contributed by atoms with van der Waals surface area (Å²) in [5.74, 6) is -1.95. The number of hydrogen-bond acceptors (Lipinski definition) is 3. The lowest BCUT2D eigenvalue weighted by molar-refractivity contribution is -0.137. The number of carboxylic acids is 1. The van der Waals surface area contributed by atoms with Crippen LogP contribution in [0.25, 0.3) is 0 Å². The summed E-state index contributed by atoms with van der Waals surface area (Å²) in [6.45, 7) is -0.112. The molecule has 1 aliphatic rings. The smallest absolute Gasteiger partial charge is 0.304 e. The Kier molecular flexibility index (Phi) is 4.38. The molecule has 0 amide bonds. The Bertz CT molecular complexity index is 882. The van der Waals surface area contributed by atoms with Gasteiger partial charge in [-0.25, -0.2) is 12.8 Å². The molecule has 1 N–H and O–H groups in total. The van der Waals surface area contributed by atoms with Gasteiger partial charge in [0, 0.05) is 24.6 Å². The summed E-state index contributed by atoms with van der Waals surface area (Å²) in [6, 6.07) is 12.4. The van der Waals surface area contributed by atoms with Crippen LogP contribution in [0.2, 0.25) is 0 Å². The van der Waals surface area contributed by atoms with Gasteiger partial charge in [-0.1, -0.05) is 36.4 Å². The largest absolute Gasteiger partial charge is 0.481 e. The Morgan fingerprint density at radius 1 is 1.17 bits per heavy atom. The molecule has 0 saturated heterocycles. The number of rotatable bonds is 4. The van der Waals surface area contributed by atoms with Gasteiger partial charge in [-0.3, -0.25) is 4.79 Å². The Morgan fingerprint density at radius 3 is 2.54 bits per heavy atom. The molecule has 0 aromatic heterocycles. The highest BCUT2D eigenvalue weighted by atomic mass is 32.2. The van der Waals surface area contributed by atoms with Crippen LogP contribution >= 0.6 is 0 Å². The van der Waals surface area contributed by atoms with Crippen LogP contribution in [0.1, 0.15) is 23.5 Å². The highest BCUT2D eigenvalue weighted by molar-refractivity contribution is 7.89. The summed E-state index contributed by atoms with van der Waals surface area (Å²) in [6.07, 6.45) is -0.180. The lowest BCUT2D eigenvalue weighted by Gasteiger charge is -2.33. The van der Waals surface area contributed by atoms with E-state index in [0.717, 1.165) is 4.31 Å². The third kappa shape index (κ3) is 3.05. The highest BCUT2D eigenvalue weighted by Crippen LogP contribution is 2.36. The van der Waals surface area contributed by atoms with Crippen LogP contribution in [-0.4, -0.2) is 30.3 Å². The van der Waals surface area contributed by atoms with Crippen molar-refractivity contribution in [1.29, 1.82) is 0 Å². The number of hydrogen-bond donors (Lipinski definition) is 1. The van der Waals surface area contributed by atoms with Crippen molar-refractivity contribution in [2.24, 2.45) is 0 Å². The zero-order valence-corrected chi connectivity index (χ0v) is 13.5. The summed E-state index contributed by atoms with van der Waals surface area (Å²) in [4.78, 5) is 11.2. The molecule has 0 spiro atoms. The van der Waals surface area contributed by atoms with E-state index in [0.29, 0.717) is 5.56 Å². The molecule has 0 aliphatic carbocycles. The average Bonchev–Trinajstić information content (AvgIpc) is 2.54. The quantitative estimate of drug-likeness (QED) is 0.921. The first-order valence-corrected chi connectivity index (χ1v) is 8.88. The summed E-state index contributed by atoms with van der Waals surface area (Å²) in [7, 11) is -3.79.